The monoisotopic (exact) mass is 271 g/mol. The third-order valence-corrected chi connectivity index (χ3v) is 5.93. The molecule has 20 heavy (non-hydrogen) atoms. The van der Waals surface area contributed by atoms with Crippen LogP contribution in [0.5, 0.6) is 0 Å². The highest BCUT2D eigenvalue weighted by molar-refractivity contribution is 5.34. The normalized spacial score (nSPS) is 28.3. The zero-order valence-corrected chi connectivity index (χ0v) is 13.1. The Balaban J connectivity index is 1.71. The van der Waals surface area contributed by atoms with Crippen LogP contribution < -0.4 is 5.32 Å². The van der Waals surface area contributed by atoms with Gasteiger partial charge < -0.3 is 5.32 Å². The van der Waals surface area contributed by atoms with Crippen molar-refractivity contribution in [3.63, 3.8) is 0 Å². The van der Waals surface area contributed by atoms with Gasteiger partial charge in [0.15, 0.2) is 0 Å². The molecule has 1 N–H and O–H groups in total. The van der Waals surface area contributed by atoms with Crippen LogP contribution >= 0.6 is 0 Å². The summed E-state index contributed by atoms with van der Waals surface area (Å²) in [5.74, 6) is 0.732. The highest BCUT2D eigenvalue weighted by Crippen LogP contribution is 2.42. The lowest BCUT2D eigenvalue weighted by Gasteiger charge is -2.35. The molecule has 2 aliphatic carbocycles. The Morgan fingerprint density at radius 1 is 1.10 bits per heavy atom. The summed E-state index contributed by atoms with van der Waals surface area (Å²) < 4.78 is 0. The molecule has 2 atom stereocenters. The highest BCUT2D eigenvalue weighted by Gasteiger charge is 2.33. The minimum Gasteiger partial charge on any atom is -0.309 e. The standard InChI is InChI=1S/C19H29N/c1-3-19(12-6-7-13-19)14-20-18-11-10-15(2)16-8-4-5-9-17(16)18/h4-5,8-9,15,18,20H,3,6-7,10-14H2,1-2H3. The molecule has 2 unspecified atom stereocenters. The molecule has 0 spiro atoms. The summed E-state index contributed by atoms with van der Waals surface area (Å²) in [7, 11) is 0. The first-order valence-electron chi connectivity index (χ1n) is 8.56. The van der Waals surface area contributed by atoms with Gasteiger partial charge >= 0.3 is 0 Å². The van der Waals surface area contributed by atoms with Crippen LogP contribution in [0.4, 0.5) is 0 Å². The van der Waals surface area contributed by atoms with E-state index in [9.17, 15) is 0 Å². The molecule has 1 nitrogen and oxygen atoms in total. The third kappa shape index (κ3) is 2.65. The molecule has 0 heterocycles. The van der Waals surface area contributed by atoms with Crippen LogP contribution in [0.1, 0.15) is 81.9 Å². The Hall–Kier alpha value is -0.820. The second kappa shape index (κ2) is 5.89. The van der Waals surface area contributed by atoms with Crippen molar-refractivity contribution in [3.8, 4) is 0 Å². The van der Waals surface area contributed by atoms with E-state index in [4.69, 9.17) is 0 Å². The molecule has 1 saturated carbocycles. The largest absolute Gasteiger partial charge is 0.309 e. The Morgan fingerprint density at radius 2 is 1.80 bits per heavy atom. The SMILES string of the molecule is CCC1(CNC2CCC(C)c3ccccc32)CCCC1. The van der Waals surface area contributed by atoms with Gasteiger partial charge in [0.1, 0.15) is 0 Å². The van der Waals surface area contributed by atoms with Crippen molar-refractivity contribution < 1.29 is 0 Å². The van der Waals surface area contributed by atoms with Crippen molar-refractivity contribution in [1.29, 1.82) is 0 Å². The lowest BCUT2D eigenvalue weighted by molar-refractivity contribution is 0.248. The molecule has 0 radical (unpaired) electrons. The Labute approximate surface area is 124 Å². The van der Waals surface area contributed by atoms with Crippen LogP contribution in [-0.2, 0) is 0 Å². The summed E-state index contributed by atoms with van der Waals surface area (Å²) >= 11 is 0. The third-order valence-electron chi connectivity index (χ3n) is 5.93. The van der Waals surface area contributed by atoms with E-state index in [1.165, 1.54) is 51.5 Å². The highest BCUT2D eigenvalue weighted by atomic mass is 14.9. The zero-order valence-electron chi connectivity index (χ0n) is 13.1. The quantitative estimate of drug-likeness (QED) is 0.795. The van der Waals surface area contributed by atoms with Gasteiger partial charge in [0.05, 0.1) is 0 Å². The van der Waals surface area contributed by atoms with Crippen molar-refractivity contribution in [1.82, 2.24) is 5.32 Å². The number of fused-ring (bicyclic) bond motifs is 1. The minimum absolute atomic E-state index is 0.589. The van der Waals surface area contributed by atoms with Crippen LogP contribution in [0.15, 0.2) is 24.3 Å². The van der Waals surface area contributed by atoms with Crippen LogP contribution in [0.25, 0.3) is 0 Å². The van der Waals surface area contributed by atoms with Crippen LogP contribution in [0, 0.1) is 5.41 Å². The fourth-order valence-electron chi connectivity index (χ4n) is 4.34. The van der Waals surface area contributed by atoms with E-state index >= 15 is 0 Å². The fourth-order valence-corrected chi connectivity index (χ4v) is 4.34. The van der Waals surface area contributed by atoms with E-state index in [0.717, 1.165) is 5.92 Å². The van der Waals surface area contributed by atoms with Gasteiger partial charge in [-0.1, -0.05) is 51.0 Å². The minimum atomic E-state index is 0.589. The predicted octanol–water partition coefficient (Wildman–Crippen LogP) is 5.19. The summed E-state index contributed by atoms with van der Waals surface area (Å²) in [5.41, 5.74) is 3.74. The molecule has 0 aromatic heterocycles. The van der Waals surface area contributed by atoms with Crippen LogP contribution in [-0.4, -0.2) is 6.54 Å². The molecule has 0 amide bonds. The lowest BCUT2D eigenvalue weighted by Crippen LogP contribution is -2.35. The van der Waals surface area contributed by atoms with Gasteiger partial charge in [-0.3, -0.25) is 0 Å². The van der Waals surface area contributed by atoms with E-state index in [1.54, 1.807) is 11.1 Å². The second-order valence-corrected chi connectivity index (χ2v) is 7.10. The van der Waals surface area contributed by atoms with Crippen molar-refractivity contribution in [2.45, 2.75) is 70.8 Å². The summed E-state index contributed by atoms with van der Waals surface area (Å²) in [5, 5.41) is 3.93. The zero-order chi connectivity index (χ0) is 14.0. The summed E-state index contributed by atoms with van der Waals surface area (Å²) in [4.78, 5) is 0. The molecule has 0 saturated heterocycles. The number of nitrogens with one attached hydrogen (secondary N) is 1. The molecule has 1 aromatic carbocycles. The summed E-state index contributed by atoms with van der Waals surface area (Å²) in [6.07, 6.45) is 9.71. The summed E-state index contributed by atoms with van der Waals surface area (Å²) in [6.45, 7) is 5.97. The van der Waals surface area contributed by atoms with Crippen molar-refractivity contribution in [3.05, 3.63) is 35.4 Å². The van der Waals surface area contributed by atoms with Gasteiger partial charge in [0, 0.05) is 12.6 Å². The Morgan fingerprint density at radius 3 is 2.50 bits per heavy atom. The fraction of sp³-hybridized carbons (Fsp3) is 0.684. The maximum absolute atomic E-state index is 3.93. The number of hydrogen-bond acceptors (Lipinski definition) is 1. The van der Waals surface area contributed by atoms with E-state index in [0.29, 0.717) is 11.5 Å². The van der Waals surface area contributed by atoms with Gasteiger partial charge in [-0.15, -0.1) is 0 Å². The maximum Gasteiger partial charge on any atom is 0.0323 e. The first-order valence-corrected chi connectivity index (χ1v) is 8.56. The van der Waals surface area contributed by atoms with Crippen molar-refractivity contribution in [2.75, 3.05) is 6.54 Å². The van der Waals surface area contributed by atoms with E-state index in [1.807, 2.05) is 0 Å². The maximum atomic E-state index is 3.93. The van der Waals surface area contributed by atoms with Gasteiger partial charge in [-0.2, -0.15) is 0 Å². The first kappa shape index (κ1) is 14.1. The van der Waals surface area contributed by atoms with E-state index < -0.39 is 0 Å². The molecule has 0 bridgehead atoms. The lowest BCUT2D eigenvalue weighted by atomic mass is 9.79. The van der Waals surface area contributed by atoms with Gasteiger partial charge in [-0.05, 0) is 54.6 Å². The molecule has 1 aromatic rings. The summed E-state index contributed by atoms with van der Waals surface area (Å²) in [6, 6.07) is 9.67. The molecule has 3 rings (SSSR count). The van der Waals surface area contributed by atoms with Gasteiger partial charge in [0.25, 0.3) is 0 Å². The van der Waals surface area contributed by atoms with Gasteiger partial charge in [-0.25, -0.2) is 0 Å². The molecule has 1 fully saturated rings. The average molecular weight is 271 g/mol. The molecule has 2 aliphatic rings. The van der Waals surface area contributed by atoms with Crippen LogP contribution in [0.2, 0.25) is 0 Å². The molecular formula is C19H29N. The number of rotatable bonds is 4. The Kier molecular flexibility index (Phi) is 4.16. The first-order chi connectivity index (χ1) is 9.74. The average Bonchev–Trinajstić information content (AvgIpc) is 2.96. The topological polar surface area (TPSA) is 12.0 Å². The van der Waals surface area contributed by atoms with E-state index in [2.05, 4.69) is 43.4 Å². The van der Waals surface area contributed by atoms with Gasteiger partial charge in [0.2, 0.25) is 0 Å². The van der Waals surface area contributed by atoms with Crippen LogP contribution in [0.3, 0.4) is 0 Å². The number of hydrogen-bond donors (Lipinski definition) is 1. The smallest absolute Gasteiger partial charge is 0.0323 e. The molecular weight excluding hydrogens is 242 g/mol. The second-order valence-electron chi connectivity index (χ2n) is 7.10. The molecule has 0 aliphatic heterocycles. The number of benzene rings is 1. The predicted molar refractivity (Wildman–Crippen MR) is 86.0 cm³/mol. The van der Waals surface area contributed by atoms with E-state index in [-0.39, 0.29) is 0 Å². The molecule has 110 valence electrons. The Bertz CT molecular complexity index is 445. The molecule has 1 heteroatoms. The van der Waals surface area contributed by atoms with Crippen molar-refractivity contribution >= 4 is 0 Å². The van der Waals surface area contributed by atoms with Crippen molar-refractivity contribution in [2.24, 2.45) is 5.41 Å².